The molecule has 1 aliphatic heterocycles. The second-order valence-corrected chi connectivity index (χ2v) is 3.51. The first-order chi connectivity index (χ1) is 6.22. The highest BCUT2D eigenvalue weighted by molar-refractivity contribution is 5.67. The van der Waals surface area contributed by atoms with E-state index in [1.54, 1.807) is 0 Å². The van der Waals surface area contributed by atoms with E-state index in [-0.39, 0.29) is 0 Å². The highest BCUT2D eigenvalue weighted by Crippen LogP contribution is 2.19. The van der Waals surface area contributed by atoms with Crippen molar-refractivity contribution in [3.63, 3.8) is 0 Å². The molecule has 1 saturated heterocycles. The van der Waals surface area contributed by atoms with E-state index in [2.05, 4.69) is 10.8 Å². The molecule has 3 nitrogen and oxygen atoms in total. The van der Waals surface area contributed by atoms with E-state index >= 15 is 0 Å². The molecule has 0 aromatic heterocycles. The fraction of sp³-hybridized carbons (Fsp3) is 0.700. The lowest BCUT2D eigenvalue weighted by atomic mass is 10.1. The summed E-state index contributed by atoms with van der Waals surface area (Å²) in [6.07, 6.45) is 7.21. The maximum absolute atomic E-state index is 10.4. The molecule has 1 N–H and O–H groups in total. The van der Waals surface area contributed by atoms with Gasteiger partial charge in [0, 0.05) is 25.9 Å². The van der Waals surface area contributed by atoms with E-state index in [4.69, 9.17) is 11.5 Å². The Bertz CT molecular complexity index is 219. The molecule has 0 radical (unpaired) electrons. The SMILES string of the molecule is C#CCCN1CCC(CC(=O)O)C1. The Morgan fingerprint density at radius 2 is 2.46 bits per heavy atom. The van der Waals surface area contributed by atoms with Crippen LogP contribution in [0.25, 0.3) is 0 Å². The minimum absolute atomic E-state index is 0.298. The van der Waals surface area contributed by atoms with Crippen LogP contribution in [0.15, 0.2) is 0 Å². The van der Waals surface area contributed by atoms with Gasteiger partial charge >= 0.3 is 5.97 Å². The number of carbonyl (C=O) groups is 1. The molecule has 3 heteroatoms. The summed E-state index contributed by atoms with van der Waals surface area (Å²) >= 11 is 0. The zero-order chi connectivity index (χ0) is 9.68. The van der Waals surface area contributed by atoms with Crippen molar-refractivity contribution in [3.05, 3.63) is 0 Å². The summed E-state index contributed by atoms with van der Waals surface area (Å²) in [6, 6.07) is 0. The molecular weight excluding hydrogens is 166 g/mol. The Morgan fingerprint density at radius 1 is 1.69 bits per heavy atom. The van der Waals surface area contributed by atoms with E-state index in [1.165, 1.54) is 0 Å². The predicted molar refractivity (Wildman–Crippen MR) is 50.2 cm³/mol. The van der Waals surface area contributed by atoms with Crippen LogP contribution in [-0.2, 0) is 4.79 Å². The maximum Gasteiger partial charge on any atom is 0.303 e. The fourth-order valence-electron chi connectivity index (χ4n) is 1.75. The van der Waals surface area contributed by atoms with Crippen LogP contribution in [0.3, 0.4) is 0 Å². The van der Waals surface area contributed by atoms with E-state index in [1.807, 2.05) is 0 Å². The van der Waals surface area contributed by atoms with Crippen molar-refractivity contribution in [1.29, 1.82) is 0 Å². The molecule has 13 heavy (non-hydrogen) atoms. The van der Waals surface area contributed by atoms with Crippen LogP contribution in [0.2, 0.25) is 0 Å². The van der Waals surface area contributed by atoms with Gasteiger partial charge in [0.15, 0.2) is 0 Å². The molecule has 72 valence electrons. The quantitative estimate of drug-likeness (QED) is 0.652. The third-order valence-electron chi connectivity index (χ3n) is 2.41. The second kappa shape index (κ2) is 4.88. The summed E-state index contributed by atoms with van der Waals surface area (Å²) in [6.45, 7) is 2.81. The first-order valence-corrected chi connectivity index (χ1v) is 4.60. The molecule has 1 atom stereocenters. The zero-order valence-electron chi connectivity index (χ0n) is 7.70. The Labute approximate surface area is 78.7 Å². The second-order valence-electron chi connectivity index (χ2n) is 3.51. The van der Waals surface area contributed by atoms with E-state index < -0.39 is 5.97 Å². The van der Waals surface area contributed by atoms with Crippen molar-refractivity contribution in [3.8, 4) is 12.3 Å². The molecule has 0 bridgehead atoms. The molecule has 0 aliphatic carbocycles. The van der Waals surface area contributed by atoms with Crippen LogP contribution in [0.4, 0.5) is 0 Å². The van der Waals surface area contributed by atoms with Gasteiger partial charge in [0.2, 0.25) is 0 Å². The number of carboxylic acids is 1. The summed E-state index contributed by atoms with van der Waals surface area (Å²) in [5, 5.41) is 8.59. The summed E-state index contributed by atoms with van der Waals surface area (Å²) in [4.78, 5) is 12.7. The number of rotatable bonds is 4. The molecule has 0 spiro atoms. The van der Waals surface area contributed by atoms with Gasteiger partial charge in [-0.25, -0.2) is 0 Å². The first-order valence-electron chi connectivity index (χ1n) is 4.60. The number of aliphatic carboxylic acids is 1. The van der Waals surface area contributed by atoms with Gasteiger partial charge < -0.3 is 10.0 Å². The summed E-state index contributed by atoms with van der Waals surface area (Å²) in [7, 11) is 0. The number of hydrogen-bond donors (Lipinski definition) is 1. The van der Waals surface area contributed by atoms with Gasteiger partial charge in [-0.3, -0.25) is 4.79 Å². The van der Waals surface area contributed by atoms with Crippen LogP contribution in [-0.4, -0.2) is 35.6 Å². The monoisotopic (exact) mass is 181 g/mol. The third-order valence-corrected chi connectivity index (χ3v) is 2.41. The molecule has 0 saturated carbocycles. The van der Waals surface area contributed by atoms with Crippen LogP contribution < -0.4 is 0 Å². The van der Waals surface area contributed by atoms with Crippen molar-refractivity contribution >= 4 is 5.97 Å². The third kappa shape index (κ3) is 3.47. The first kappa shape index (κ1) is 10.1. The van der Waals surface area contributed by atoms with Gasteiger partial charge in [0.25, 0.3) is 0 Å². The van der Waals surface area contributed by atoms with Crippen molar-refractivity contribution in [2.75, 3.05) is 19.6 Å². The van der Waals surface area contributed by atoms with Gasteiger partial charge in [-0.05, 0) is 18.9 Å². The smallest absolute Gasteiger partial charge is 0.303 e. The lowest BCUT2D eigenvalue weighted by Crippen LogP contribution is -2.22. The van der Waals surface area contributed by atoms with Crippen molar-refractivity contribution < 1.29 is 9.90 Å². The van der Waals surface area contributed by atoms with Crippen LogP contribution in [0.5, 0.6) is 0 Å². The lowest BCUT2D eigenvalue weighted by molar-refractivity contribution is -0.138. The summed E-state index contributed by atoms with van der Waals surface area (Å²) in [5.41, 5.74) is 0. The molecule has 1 heterocycles. The Kier molecular flexibility index (Phi) is 3.78. The number of nitrogens with zero attached hydrogens (tertiary/aromatic N) is 1. The molecule has 1 aliphatic rings. The molecule has 1 unspecified atom stereocenters. The van der Waals surface area contributed by atoms with Gasteiger partial charge in [-0.15, -0.1) is 12.3 Å². The summed E-state index contributed by atoms with van der Waals surface area (Å²) in [5.74, 6) is 2.23. The predicted octanol–water partition coefficient (Wildman–Crippen LogP) is 0.806. The number of terminal acetylenes is 1. The van der Waals surface area contributed by atoms with E-state index in [9.17, 15) is 4.79 Å². The van der Waals surface area contributed by atoms with Crippen molar-refractivity contribution in [1.82, 2.24) is 4.90 Å². The normalized spacial score (nSPS) is 22.8. The highest BCUT2D eigenvalue weighted by Gasteiger charge is 2.23. The van der Waals surface area contributed by atoms with Crippen LogP contribution in [0.1, 0.15) is 19.3 Å². The standard InChI is InChI=1S/C10H15NO2/c1-2-3-5-11-6-4-9(8-11)7-10(12)13/h1,9H,3-8H2,(H,12,13). The molecule has 0 aromatic rings. The van der Waals surface area contributed by atoms with Gasteiger partial charge in [0.05, 0.1) is 0 Å². The van der Waals surface area contributed by atoms with E-state index in [0.29, 0.717) is 12.3 Å². The Hall–Kier alpha value is -1.01. The zero-order valence-corrected chi connectivity index (χ0v) is 7.70. The highest BCUT2D eigenvalue weighted by atomic mass is 16.4. The topological polar surface area (TPSA) is 40.5 Å². The lowest BCUT2D eigenvalue weighted by Gasteiger charge is -2.13. The summed E-state index contributed by atoms with van der Waals surface area (Å²) < 4.78 is 0. The molecule has 1 rings (SSSR count). The molecular formula is C10H15NO2. The Morgan fingerprint density at radius 3 is 3.08 bits per heavy atom. The van der Waals surface area contributed by atoms with Crippen molar-refractivity contribution in [2.24, 2.45) is 5.92 Å². The van der Waals surface area contributed by atoms with Crippen LogP contribution >= 0.6 is 0 Å². The average molecular weight is 181 g/mol. The fourth-order valence-corrected chi connectivity index (χ4v) is 1.75. The van der Waals surface area contributed by atoms with Crippen LogP contribution in [0, 0.1) is 18.3 Å². The van der Waals surface area contributed by atoms with Gasteiger partial charge in [-0.2, -0.15) is 0 Å². The molecule has 1 fully saturated rings. The largest absolute Gasteiger partial charge is 0.481 e. The van der Waals surface area contributed by atoms with Gasteiger partial charge in [-0.1, -0.05) is 0 Å². The molecule has 0 aromatic carbocycles. The minimum atomic E-state index is -0.691. The minimum Gasteiger partial charge on any atom is -0.481 e. The van der Waals surface area contributed by atoms with E-state index in [0.717, 1.165) is 32.5 Å². The average Bonchev–Trinajstić information content (AvgIpc) is 2.48. The molecule has 0 amide bonds. The van der Waals surface area contributed by atoms with Gasteiger partial charge in [0.1, 0.15) is 0 Å². The maximum atomic E-state index is 10.4. The van der Waals surface area contributed by atoms with Crippen molar-refractivity contribution in [2.45, 2.75) is 19.3 Å². The number of carboxylic acid groups (broad SMARTS) is 1. The Balaban J connectivity index is 2.20. The number of hydrogen-bond acceptors (Lipinski definition) is 2. The number of likely N-dealkylation sites (tertiary alicyclic amines) is 1.